The fourth-order valence-corrected chi connectivity index (χ4v) is 3.41. The Kier molecular flexibility index (Phi) is 3.97. The van der Waals surface area contributed by atoms with Crippen LogP contribution in [0.2, 0.25) is 0 Å². The van der Waals surface area contributed by atoms with Crippen LogP contribution in [0, 0.1) is 0 Å². The Balaban J connectivity index is 2.15. The van der Waals surface area contributed by atoms with Gasteiger partial charge in [0.25, 0.3) is 0 Å². The first kappa shape index (κ1) is 14.1. The van der Waals surface area contributed by atoms with E-state index in [0.717, 1.165) is 32.4 Å². The van der Waals surface area contributed by atoms with Gasteiger partial charge >= 0.3 is 5.97 Å². The summed E-state index contributed by atoms with van der Waals surface area (Å²) in [6, 6.07) is 5.95. The molecule has 0 bridgehead atoms. The van der Waals surface area contributed by atoms with Gasteiger partial charge in [-0.3, -0.25) is 0 Å². The molecule has 3 N–H and O–H groups in total. The van der Waals surface area contributed by atoms with Crippen LogP contribution >= 0.6 is 0 Å². The van der Waals surface area contributed by atoms with Gasteiger partial charge in [-0.25, -0.2) is 4.79 Å². The van der Waals surface area contributed by atoms with Crippen LogP contribution in [-0.4, -0.2) is 24.2 Å². The van der Waals surface area contributed by atoms with Crippen LogP contribution in [0.5, 0.6) is 0 Å². The van der Waals surface area contributed by atoms with Gasteiger partial charge in [-0.2, -0.15) is 0 Å². The summed E-state index contributed by atoms with van der Waals surface area (Å²) in [6.45, 7) is 1.97. The normalized spacial score (nSPS) is 14.2. The standard InChI is InChI=1S/C17H22N2O2/c1-21-17(20)12-7-8-16-14(11-12)13-5-2-3-6-15(13)19(16)10-4-9-18/h7-8,11H,2-6,9-10,18H2,1H3/p+1. The zero-order chi connectivity index (χ0) is 14.8. The molecule has 4 nitrogen and oxygen atoms in total. The van der Waals surface area contributed by atoms with E-state index in [1.807, 2.05) is 12.1 Å². The van der Waals surface area contributed by atoms with Crippen LogP contribution in [0.3, 0.4) is 0 Å². The largest absolute Gasteiger partial charge is 0.465 e. The van der Waals surface area contributed by atoms with Gasteiger partial charge in [-0.05, 0) is 49.4 Å². The van der Waals surface area contributed by atoms with Crippen LogP contribution in [0.4, 0.5) is 0 Å². The first-order valence-electron chi connectivity index (χ1n) is 7.78. The summed E-state index contributed by atoms with van der Waals surface area (Å²) in [7, 11) is 1.43. The van der Waals surface area contributed by atoms with Crippen molar-refractivity contribution in [2.45, 2.75) is 38.6 Å². The molecule has 1 aliphatic rings. The van der Waals surface area contributed by atoms with Gasteiger partial charge in [0.05, 0.1) is 19.2 Å². The van der Waals surface area contributed by atoms with E-state index >= 15 is 0 Å². The van der Waals surface area contributed by atoms with E-state index in [1.54, 1.807) is 0 Å². The molecule has 0 atom stereocenters. The Labute approximate surface area is 124 Å². The minimum atomic E-state index is -0.257. The SMILES string of the molecule is COC(=O)c1ccc2c(c1)c1c(n2CCC[NH3+])CCCC1. The lowest BCUT2D eigenvalue weighted by Gasteiger charge is -2.15. The number of fused-ring (bicyclic) bond motifs is 3. The third-order valence-electron chi connectivity index (χ3n) is 4.43. The number of nitrogens with zero attached hydrogens (tertiary/aromatic N) is 1. The topological polar surface area (TPSA) is 58.9 Å². The number of hydrogen-bond acceptors (Lipinski definition) is 2. The molecular weight excluding hydrogens is 264 g/mol. The van der Waals surface area contributed by atoms with E-state index in [-0.39, 0.29) is 5.97 Å². The Morgan fingerprint density at radius 3 is 2.90 bits per heavy atom. The Morgan fingerprint density at radius 1 is 1.33 bits per heavy atom. The van der Waals surface area contributed by atoms with Crippen molar-refractivity contribution in [3.05, 3.63) is 35.0 Å². The number of esters is 1. The molecule has 112 valence electrons. The first-order valence-corrected chi connectivity index (χ1v) is 7.78. The number of aromatic nitrogens is 1. The summed E-state index contributed by atoms with van der Waals surface area (Å²) in [5.41, 5.74) is 8.75. The highest BCUT2D eigenvalue weighted by Gasteiger charge is 2.20. The first-order chi connectivity index (χ1) is 10.3. The second-order valence-corrected chi connectivity index (χ2v) is 5.71. The van der Waals surface area contributed by atoms with Gasteiger partial charge in [0, 0.05) is 29.6 Å². The molecule has 2 aromatic rings. The second kappa shape index (κ2) is 5.90. The number of ether oxygens (including phenoxy) is 1. The summed E-state index contributed by atoms with van der Waals surface area (Å²) in [5.74, 6) is -0.257. The number of hydrogen-bond donors (Lipinski definition) is 1. The predicted octanol–water partition coefficient (Wildman–Crippen LogP) is 1.94. The van der Waals surface area contributed by atoms with Crippen molar-refractivity contribution in [3.63, 3.8) is 0 Å². The molecule has 1 heterocycles. The van der Waals surface area contributed by atoms with Gasteiger partial charge in [0.15, 0.2) is 0 Å². The summed E-state index contributed by atoms with van der Waals surface area (Å²) < 4.78 is 7.29. The summed E-state index contributed by atoms with van der Waals surface area (Å²) in [6.07, 6.45) is 5.86. The zero-order valence-electron chi connectivity index (χ0n) is 12.7. The van der Waals surface area contributed by atoms with Crippen molar-refractivity contribution in [1.82, 2.24) is 4.57 Å². The van der Waals surface area contributed by atoms with E-state index in [0.29, 0.717) is 5.56 Å². The molecule has 0 amide bonds. The quantitative estimate of drug-likeness (QED) is 0.874. The second-order valence-electron chi connectivity index (χ2n) is 5.71. The van der Waals surface area contributed by atoms with E-state index in [2.05, 4.69) is 16.4 Å². The number of methoxy groups -OCH3 is 1. The molecule has 0 unspecified atom stereocenters. The Hall–Kier alpha value is -1.81. The minimum Gasteiger partial charge on any atom is -0.465 e. The highest BCUT2D eigenvalue weighted by Crippen LogP contribution is 2.33. The third kappa shape index (κ3) is 2.44. The average molecular weight is 287 g/mol. The van der Waals surface area contributed by atoms with Gasteiger partial charge in [-0.1, -0.05) is 0 Å². The molecule has 1 aromatic heterocycles. The summed E-state index contributed by atoms with van der Waals surface area (Å²) in [5, 5.41) is 1.23. The lowest BCUT2D eigenvalue weighted by molar-refractivity contribution is -0.368. The van der Waals surface area contributed by atoms with Crippen LogP contribution in [-0.2, 0) is 24.1 Å². The van der Waals surface area contributed by atoms with Crippen molar-refractivity contribution >= 4 is 16.9 Å². The van der Waals surface area contributed by atoms with Crippen molar-refractivity contribution in [3.8, 4) is 0 Å². The van der Waals surface area contributed by atoms with Gasteiger partial charge in [0.1, 0.15) is 0 Å². The molecule has 1 aromatic carbocycles. The zero-order valence-corrected chi connectivity index (χ0v) is 12.7. The molecule has 4 heteroatoms. The average Bonchev–Trinajstić information content (AvgIpc) is 2.85. The molecule has 3 rings (SSSR count). The van der Waals surface area contributed by atoms with Crippen LogP contribution in [0.1, 0.15) is 40.9 Å². The molecule has 0 spiro atoms. The summed E-state index contributed by atoms with van der Waals surface area (Å²) in [4.78, 5) is 11.8. The van der Waals surface area contributed by atoms with Gasteiger partial charge in [-0.15, -0.1) is 0 Å². The molecule has 21 heavy (non-hydrogen) atoms. The van der Waals surface area contributed by atoms with E-state index in [1.165, 1.54) is 42.1 Å². The number of rotatable bonds is 4. The number of benzene rings is 1. The Morgan fingerprint density at radius 2 is 2.14 bits per heavy atom. The van der Waals surface area contributed by atoms with E-state index in [4.69, 9.17) is 4.74 Å². The predicted molar refractivity (Wildman–Crippen MR) is 82.3 cm³/mol. The van der Waals surface area contributed by atoms with E-state index < -0.39 is 0 Å². The van der Waals surface area contributed by atoms with Crippen molar-refractivity contribution in [2.75, 3.05) is 13.7 Å². The maximum atomic E-state index is 11.8. The molecular formula is C17H23N2O2+. The number of quaternary nitrogens is 1. The third-order valence-corrected chi connectivity index (χ3v) is 4.43. The fraction of sp³-hybridized carbons (Fsp3) is 0.471. The highest BCUT2D eigenvalue weighted by atomic mass is 16.5. The van der Waals surface area contributed by atoms with Crippen LogP contribution in [0.25, 0.3) is 10.9 Å². The van der Waals surface area contributed by atoms with Crippen molar-refractivity contribution < 1.29 is 15.3 Å². The lowest BCUT2D eigenvalue weighted by atomic mass is 9.95. The fourth-order valence-electron chi connectivity index (χ4n) is 3.41. The lowest BCUT2D eigenvalue weighted by Crippen LogP contribution is -2.50. The molecule has 0 radical (unpaired) electrons. The highest BCUT2D eigenvalue weighted by molar-refractivity contribution is 5.96. The van der Waals surface area contributed by atoms with Crippen molar-refractivity contribution in [1.29, 1.82) is 0 Å². The van der Waals surface area contributed by atoms with Crippen LogP contribution < -0.4 is 5.73 Å². The van der Waals surface area contributed by atoms with Crippen LogP contribution in [0.15, 0.2) is 18.2 Å². The number of carbonyl (C=O) groups excluding carboxylic acids is 1. The monoisotopic (exact) mass is 287 g/mol. The molecule has 0 fully saturated rings. The maximum absolute atomic E-state index is 11.8. The Bertz CT molecular complexity index is 673. The van der Waals surface area contributed by atoms with Gasteiger partial charge < -0.3 is 15.0 Å². The molecule has 1 aliphatic carbocycles. The molecule has 0 aliphatic heterocycles. The summed E-state index contributed by atoms with van der Waals surface area (Å²) >= 11 is 0. The molecule has 0 saturated heterocycles. The smallest absolute Gasteiger partial charge is 0.337 e. The number of carbonyl (C=O) groups is 1. The van der Waals surface area contributed by atoms with Gasteiger partial charge in [0.2, 0.25) is 0 Å². The molecule has 0 saturated carbocycles. The van der Waals surface area contributed by atoms with E-state index in [9.17, 15) is 4.79 Å². The minimum absolute atomic E-state index is 0.257. The van der Waals surface area contributed by atoms with Crippen molar-refractivity contribution in [2.24, 2.45) is 0 Å². The number of aryl methyl sites for hydroxylation is 2. The maximum Gasteiger partial charge on any atom is 0.337 e.